The van der Waals surface area contributed by atoms with Gasteiger partial charge in [0, 0.05) is 12.5 Å². The number of esters is 1. The van der Waals surface area contributed by atoms with Crippen molar-refractivity contribution in [2.75, 3.05) is 7.11 Å². The molecule has 1 aromatic rings. The molecule has 1 aromatic carbocycles. The molecule has 0 unspecified atom stereocenters. The second kappa shape index (κ2) is 8.47. The molecule has 1 saturated carbocycles. The molecule has 0 heterocycles. The number of rotatable bonds is 6. The van der Waals surface area contributed by atoms with E-state index in [4.69, 9.17) is 5.11 Å². The predicted octanol–water partition coefficient (Wildman–Crippen LogP) is 2.17. The zero-order valence-corrected chi connectivity index (χ0v) is 13.8. The van der Waals surface area contributed by atoms with Crippen LogP contribution in [-0.2, 0) is 20.7 Å². The van der Waals surface area contributed by atoms with Gasteiger partial charge in [-0.05, 0) is 49.8 Å². The summed E-state index contributed by atoms with van der Waals surface area (Å²) in [4.78, 5) is 34.3. The first-order valence-electron chi connectivity index (χ1n) is 8.19. The molecular formula is C18H23NO5. The molecule has 2 N–H and O–H groups in total. The first-order valence-corrected chi connectivity index (χ1v) is 8.19. The minimum absolute atomic E-state index is 0.0224. The van der Waals surface area contributed by atoms with Crippen molar-refractivity contribution in [2.24, 2.45) is 5.92 Å². The third kappa shape index (κ3) is 5.08. The molecule has 0 saturated heterocycles. The molecule has 6 nitrogen and oxygen atoms in total. The second-order valence-electron chi connectivity index (χ2n) is 6.14. The van der Waals surface area contributed by atoms with Gasteiger partial charge < -0.3 is 15.2 Å². The summed E-state index contributed by atoms with van der Waals surface area (Å²) in [6, 6.07) is 7.09. The fourth-order valence-electron chi connectivity index (χ4n) is 2.97. The topological polar surface area (TPSA) is 92.7 Å². The van der Waals surface area contributed by atoms with Gasteiger partial charge in [-0.3, -0.25) is 9.59 Å². The number of aryl methyl sites for hydroxylation is 1. The Morgan fingerprint density at radius 2 is 1.75 bits per heavy atom. The molecule has 1 fully saturated rings. The lowest BCUT2D eigenvalue weighted by Crippen LogP contribution is -2.38. The molecule has 0 spiro atoms. The van der Waals surface area contributed by atoms with E-state index in [-0.39, 0.29) is 23.8 Å². The van der Waals surface area contributed by atoms with E-state index in [1.54, 1.807) is 12.1 Å². The number of carboxylic acids is 1. The number of carbonyl (C=O) groups excluding carboxylic acids is 2. The summed E-state index contributed by atoms with van der Waals surface area (Å²) in [5, 5.41) is 12.0. The summed E-state index contributed by atoms with van der Waals surface area (Å²) in [6.07, 6.45) is 3.64. The molecule has 0 bridgehead atoms. The minimum Gasteiger partial charge on any atom is -0.481 e. The highest BCUT2D eigenvalue weighted by Crippen LogP contribution is 2.24. The Bertz CT molecular complexity index is 588. The van der Waals surface area contributed by atoms with Gasteiger partial charge in [-0.25, -0.2) is 4.79 Å². The lowest BCUT2D eigenvalue weighted by atomic mass is 9.86. The van der Waals surface area contributed by atoms with Gasteiger partial charge in [0.05, 0.1) is 18.6 Å². The first-order chi connectivity index (χ1) is 11.5. The summed E-state index contributed by atoms with van der Waals surface area (Å²) in [5.41, 5.74) is 1.47. The van der Waals surface area contributed by atoms with Crippen LogP contribution in [0.4, 0.5) is 0 Å². The highest BCUT2D eigenvalue weighted by Gasteiger charge is 2.26. The monoisotopic (exact) mass is 333 g/mol. The third-order valence-electron chi connectivity index (χ3n) is 4.46. The standard InChI is InChI=1S/C18H23NO5/c1-24-18(23)14-5-2-12(3-6-14)4-11-16(20)19-15-9-7-13(8-10-15)17(21)22/h2-3,5-6,13,15H,4,7-11H2,1H3,(H,19,20)(H,21,22). The van der Waals surface area contributed by atoms with E-state index in [0.29, 0.717) is 31.2 Å². The average molecular weight is 333 g/mol. The van der Waals surface area contributed by atoms with E-state index in [0.717, 1.165) is 18.4 Å². The number of amides is 1. The molecule has 1 amide bonds. The smallest absolute Gasteiger partial charge is 0.337 e. The Kier molecular flexibility index (Phi) is 6.35. The molecular weight excluding hydrogens is 310 g/mol. The van der Waals surface area contributed by atoms with Crippen LogP contribution in [0.1, 0.15) is 48.0 Å². The van der Waals surface area contributed by atoms with Crippen LogP contribution in [0.25, 0.3) is 0 Å². The number of carboxylic acid groups (broad SMARTS) is 1. The van der Waals surface area contributed by atoms with Crippen molar-refractivity contribution < 1.29 is 24.2 Å². The normalized spacial score (nSPS) is 20.2. The fourth-order valence-corrected chi connectivity index (χ4v) is 2.97. The van der Waals surface area contributed by atoms with Crippen LogP contribution in [0.2, 0.25) is 0 Å². The van der Waals surface area contributed by atoms with Gasteiger partial charge in [-0.15, -0.1) is 0 Å². The van der Waals surface area contributed by atoms with Crippen LogP contribution in [0.5, 0.6) is 0 Å². The molecule has 24 heavy (non-hydrogen) atoms. The van der Waals surface area contributed by atoms with Crippen LogP contribution < -0.4 is 5.32 Å². The number of hydrogen-bond acceptors (Lipinski definition) is 4. The Hall–Kier alpha value is -2.37. The molecule has 0 radical (unpaired) electrons. The van der Waals surface area contributed by atoms with Gasteiger partial charge in [-0.1, -0.05) is 12.1 Å². The van der Waals surface area contributed by atoms with E-state index in [2.05, 4.69) is 10.1 Å². The van der Waals surface area contributed by atoms with Gasteiger partial charge in [0.1, 0.15) is 0 Å². The molecule has 6 heteroatoms. The van der Waals surface area contributed by atoms with E-state index in [1.165, 1.54) is 7.11 Å². The van der Waals surface area contributed by atoms with Gasteiger partial charge >= 0.3 is 11.9 Å². The highest BCUT2D eigenvalue weighted by molar-refractivity contribution is 5.89. The lowest BCUT2D eigenvalue weighted by Gasteiger charge is -2.26. The first kappa shape index (κ1) is 18.0. The number of benzene rings is 1. The lowest BCUT2D eigenvalue weighted by molar-refractivity contribution is -0.142. The largest absolute Gasteiger partial charge is 0.481 e. The van der Waals surface area contributed by atoms with Gasteiger partial charge in [0.25, 0.3) is 0 Å². The Labute approximate surface area is 141 Å². The van der Waals surface area contributed by atoms with Crippen LogP contribution in [0.15, 0.2) is 24.3 Å². The summed E-state index contributed by atoms with van der Waals surface area (Å²) < 4.78 is 4.64. The quantitative estimate of drug-likeness (QED) is 0.778. The second-order valence-corrected chi connectivity index (χ2v) is 6.14. The molecule has 2 rings (SSSR count). The summed E-state index contributed by atoms with van der Waals surface area (Å²) in [6.45, 7) is 0. The Morgan fingerprint density at radius 1 is 1.12 bits per heavy atom. The van der Waals surface area contributed by atoms with E-state index < -0.39 is 5.97 Å². The molecule has 0 aliphatic heterocycles. The van der Waals surface area contributed by atoms with Crippen molar-refractivity contribution in [3.05, 3.63) is 35.4 Å². The van der Waals surface area contributed by atoms with Gasteiger partial charge in [0.15, 0.2) is 0 Å². The summed E-state index contributed by atoms with van der Waals surface area (Å²) in [7, 11) is 1.34. The van der Waals surface area contributed by atoms with Crippen LogP contribution >= 0.6 is 0 Å². The average Bonchev–Trinajstić information content (AvgIpc) is 2.60. The van der Waals surface area contributed by atoms with Crippen molar-refractivity contribution >= 4 is 17.8 Å². The van der Waals surface area contributed by atoms with Crippen LogP contribution in [-0.4, -0.2) is 36.1 Å². The maximum Gasteiger partial charge on any atom is 0.337 e. The SMILES string of the molecule is COC(=O)c1ccc(CCC(=O)NC2CCC(C(=O)O)CC2)cc1. The summed E-state index contributed by atoms with van der Waals surface area (Å²) >= 11 is 0. The maximum absolute atomic E-state index is 12.0. The zero-order valence-electron chi connectivity index (χ0n) is 13.8. The summed E-state index contributed by atoms with van der Waals surface area (Å²) in [5.74, 6) is -1.41. The zero-order chi connectivity index (χ0) is 17.5. The highest BCUT2D eigenvalue weighted by atomic mass is 16.5. The molecule has 0 atom stereocenters. The minimum atomic E-state index is -0.741. The Morgan fingerprint density at radius 3 is 2.29 bits per heavy atom. The number of nitrogens with one attached hydrogen (secondary N) is 1. The van der Waals surface area contributed by atoms with Gasteiger partial charge in [0.2, 0.25) is 5.91 Å². The molecule has 1 aliphatic rings. The predicted molar refractivity (Wildman–Crippen MR) is 87.6 cm³/mol. The number of hydrogen-bond donors (Lipinski definition) is 2. The fraction of sp³-hybridized carbons (Fsp3) is 0.500. The number of methoxy groups -OCH3 is 1. The number of aliphatic carboxylic acids is 1. The van der Waals surface area contributed by atoms with Crippen molar-refractivity contribution in [3.8, 4) is 0 Å². The molecule has 1 aliphatic carbocycles. The van der Waals surface area contributed by atoms with Crippen molar-refractivity contribution in [2.45, 2.75) is 44.6 Å². The Balaban J connectivity index is 1.73. The number of ether oxygens (including phenoxy) is 1. The van der Waals surface area contributed by atoms with Crippen LogP contribution in [0.3, 0.4) is 0 Å². The van der Waals surface area contributed by atoms with Crippen molar-refractivity contribution in [1.29, 1.82) is 0 Å². The third-order valence-corrected chi connectivity index (χ3v) is 4.46. The van der Waals surface area contributed by atoms with E-state index >= 15 is 0 Å². The van der Waals surface area contributed by atoms with Gasteiger partial charge in [-0.2, -0.15) is 0 Å². The van der Waals surface area contributed by atoms with Crippen molar-refractivity contribution in [3.63, 3.8) is 0 Å². The van der Waals surface area contributed by atoms with Crippen molar-refractivity contribution in [1.82, 2.24) is 5.32 Å². The van der Waals surface area contributed by atoms with E-state index in [1.807, 2.05) is 12.1 Å². The number of carbonyl (C=O) groups is 3. The maximum atomic E-state index is 12.0. The molecule has 0 aromatic heterocycles. The van der Waals surface area contributed by atoms with E-state index in [9.17, 15) is 14.4 Å². The van der Waals surface area contributed by atoms with Crippen LogP contribution in [0, 0.1) is 5.92 Å². The molecule has 130 valence electrons.